The first-order chi connectivity index (χ1) is 8.66. The smallest absolute Gasteiger partial charge is 0.159 e. The summed E-state index contributed by atoms with van der Waals surface area (Å²) in [4.78, 5) is 12.1. The lowest BCUT2D eigenvalue weighted by Crippen LogP contribution is -2.16. The van der Waals surface area contributed by atoms with Crippen molar-refractivity contribution < 1.29 is 13.6 Å². The van der Waals surface area contributed by atoms with E-state index < -0.39 is 11.6 Å². The number of ketones is 1. The normalized spacial score (nSPS) is 17.4. The van der Waals surface area contributed by atoms with Crippen LogP contribution in [-0.4, -0.2) is 5.78 Å². The van der Waals surface area contributed by atoms with Crippen molar-refractivity contribution in [1.29, 1.82) is 0 Å². The van der Waals surface area contributed by atoms with Gasteiger partial charge in [-0.25, -0.2) is 8.78 Å². The van der Waals surface area contributed by atoms with Crippen molar-refractivity contribution in [1.82, 2.24) is 0 Å². The fraction of sp³-hybridized carbons (Fsp3) is 0.533. The fourth-order valence-electron chi connectivity index (χ4n) is 2.60. The zero-order valence-corrected chi connectivity index (χ0v) is 10.4. The van der Waals surface area contributed by atoms with E-state index in [-0.39, 0.29) is 18.1 Å². The van der Waals surface area contributed by atoms with Gasteiger partial charge in [0.2, 0.25) is 0 Å². The Bertz CT molecular complexity index is 421. The third-order valence-electron chi connectivity index (χ3n) is 3.67. The van der Waals surface area contributed by atoms with Gasteiger partial charge in [0.25, 0.3) is 0 Å². The second-order valence-corrected chi connectivity index (χ2v) is 5.08. The van der Waals surface area contributed by atoms with E-state index in [0.29, 0.717) is 5.56 Å². The van der Waals surface area contributed by atoms with Crippen molar-refractivity contribution in [2.75, 3.05) is 0 Å². The molecule has 0 unspecified atom stereocenters. The molecule has 0 aliphatic heterocycles. The van der Waals surface area contributed by atoms with Crippen LogP contribution in [0.15, 0.2) is 18.2 Å². The maximum Gasteiger partial charge on any atom is 0.159 e. The average molecular weight is 252 g/mol. The maximum atomic E-state index is 13.1. The minimum atomic E-state index is -0.874. The van der Waals surface area contributed by atoms with Crippen LogP contribution in [0.3, 0.4) is 0 Å². The highest BCUT2D eigenvalue weighted by atomic mass is 19.2. The molecule has 18 heavy (non-hydrogen) atoms. The van der Waals surface area contributed by atoms with Crippen LogP contribution in [0.5, 0.6) is 0 Å². The molecule has 0 N–H and O–H groups in total. The molecule has 1 aromatic rings. The number of carbonyl (C=O) groups excluding carboxylic acids is 1. The Hall–Kier alpha value is -1.25. The van der Waals surface area contributed by atoms with Crippen LogP contribution in [0.2, 0.25) is 0 Å². The lowest BCUT2D eigenvalue weighted by molar-refractivity contribution is -0.122. The zero-order valence-electron chi connectivity index (χ0n) is 10.4. The van der Waals surface area contributed by atoms with E-state index >= 15 is 0 Å². The Morgan fingerprint density at radius 1 is 1.06 bits per heavy atom. The van der Waals surface area contributed by atoms with E-state index in [1.165, 1.54) is 18.9 Å². The van der Waals surface area contributed by atoms with Gasteiger partial charge in [-0.1, -0.05) is 31.7 Å². The van der Waals surface area contributed by atoms with Gasteiger partial charge in [-0.3, -0.25) is 4.79 Å². The summed E-state index contributed by atoms with van der Waals surface area (Å²) in [6.07, 6.45) is 6.74. The number of benzene rings is 1. The predicted octanol–water partition coefficient (Wildman–Crippen LogP) is 4.05. The molecule has 1 saturated carbocycles. The number of hydrogen-bond acceptors (Lipinski definition) is 1. The molecule has 2 rings (SSSR count). The van der Waals surface area contributed by atoms with Crippen LogP contribution < -0.4 is 0 Å². The molecular weight excluding hydrogens is 234 g/mol. The van der Waals surface area contributed by atoms with Crippen molar-refractivity contribution in [2.24, 2.45) is 5.92 Å². The van der Waals surface area contributed by atoms with Crippen molar-refractivity contribution in [3.63, 3.8) is 0 Å². The number of halogens is 2. The Morgan fingerprint density at radius 2 is 1.72 bits per heavy atom. The van der Waals surface area contributed by atoms with Crippen LogP contribution in [0.25, 0.3) is 0 Å². The van der Waals surface area contributed by atoms with Crippen molar-refractivity contribution in [3.05, 3.63) is 35.4 Å². The molecule has 3 heteroatoms. The number of Topliss-reactive ketones (excluding diaryl/α,β-unsaturated/α-hetero) is 1. The van der Waals surface area contributed by atoms with Crippen LogP contribution in [0.4, 0.5) is 8.78 Å². The van der Waals surface area contributed by atoms with E-state index in [9.17, 15) is 13.6 Å². The lowest BCUT2D eigenvalue weighted by atomic mass is 9.91. The molecule has 0 spiro atoms. The molecule has 0 amide bonds. The second-order valence-electron chi connectivity index (χ2n) is 5.08. The Kier molecular flexibility index (Phi) is 4.45. The summed E-state index contributed by atoms with van der Waals surface area (Å²) in [5.41, 5.74) is 0.572. The third kappa shape index (κ3) is 3.37. The molecule has 0 atom stereocenters. The maximum absolute atomic E-state index is 13.1. The van der Waals surface area contributed by atoms with Crippen molar-refractivity contribution in [2.45, 2.75) is 44.9 Å². The van der Waals surface area contributed by atoms with E-state index in [0.717, 1.165) is 37.8 Å². The van der Waals surface area contributed by atoms with Crippen LogP contribution in [0.1, 0.15) is 44.1 Å². The minimum Gasteiger partial charge on any atom is -0.299 e. The molecule has 1 aromatic carbocycles. The van der Waals surface area contributed by atoms with Crippen LogP contribution in [-0.2, 0) is 11.2 Å². The van der Waals surface area contributed by atoms with E-state index in [1.54, 1.807) is 0 Å². The van der Waals surface area contributed by atoms with Crippen molar-refractivity contribution in [3.8, 4) is 0 Å². The Balaban J connectivity index is 1.99. The topological polar surface area (TPSA) is 17.1 Å². The monoisotopic (exact) mass is 252 g/mol. The first-order valence-electron chi connectivity index (χ1n) is 6.63. The third-order valence-corrected chi connectivity index (χ3v) is 3.67. The molecule has 1 fully saturated rings. The number of hydrogen-bond donors (Lipinski definition) is 0. The van der Waals surface area contributed by atoms with Gasteiger partial charge in [0.1, 0.15) is 5.78 Å². The summed E-state index contributed by atoms with van der Waals surface area (Å²) >= 11 is 0. The summed E-state index contributed by atoms with van der Waals surface area (Å²) in [6, 6.07) is 3.71. The van der Waals surface area contributed by atoms with E-state index in [1.807, 2.05) is 0 Å². The average Bonchev–Trinajstić information content (AvgIpc) is 2.62. The molecule has 1 nitrogen and oxygen atoms in total. The molecule has 0 saturated heterocycles. The molecule has 1 aliphatic carbocycles. The highest BCUT2D eigenvalue weighted by Crippen LogP contribution is 2.24. The van der Waals surface area contributed by atoms with Gasteiger partial charge in [0.05, 0.1) is 0 Å². The fourth-order valence-corrected chi connectivity index (χ4v) is 2.60. The Labute approximate surface area is 106 Å². The van der Waals surface area contributed by atoms with Gasteiger partial charge in [-0.2, -0.15) is 0 Å². The van der Waals surface area contributed by atoms with Gasteiger partial charge >= 0.3 is 0 Å². The van der Waals surface area contributed by atoms with E-state index in [2.05, 4.69) is 0 Å². The molecule has 98 valence electrons. The molecular formula is C15H18F2O. The summed E-state index contributed by atoms with van der Waals surface area (Å²) in [5, 5.41) is 0. The SMILES string of the molecule is O=C(Cc1ccc(F)c(F)c1)C1CCCCCC1. The van der Waals surface area contributed by atoms with E-state index in [4.69, 9.17) is 0 Å². The van der Waals surface area contributed by atoms with Gasteiger partial charge < -0.3 is 0 Å². The highest BCUT2D eigenvalue weighted by Gasteiger charge is 2.20. The summed E-state index contributed by atoms with van der Waals surface area (Å²) in [5.74, 6) is -1.45. The summed E-state index contributed by atoms with van der Waals surface area (Å²) < 4.78 is 25.8. The van der Waals surface area contributed by atoms with Gasteiger partial charge in [0, 0.05) is 12.3 Å². The minimum absolute atomic E-state index is 0.112. The molecule has 0 radical (unpaired) electrons. The van der Waals surface area contributed by atoms with Gasteiger partial charge in [0.15, 0.2) is 11.6 Å². The standard InChI is InChI=1S/C15H18F2O/c16-13-8-7-11(9-14(13)17)10-15(18)12-5-3-1-2-4-6-12/h7-9,12H,1-6,10H2. The summed E-state index contributed by atoms with van der Waals surface area (Å²) in [6.45, 7) is 0. The second kappa shape index (κ2) is 6.07. The van der Waals surface area contributed by atoms with Gasteiger partial charge in [-0.05, 0) is 30.5 Å². The molecule has 0 aromatic heterocycles. The largest absolute Gasteiger partial charge is 0.299 e. The quantitative estimate of drug-likeness (QED) is 0.742. The van der Waals surface area contributed by atoms with Crippen molar-refractivity contribution >= 4 is 5.78 Å². The highest BCUT2D eigenvalue weighted by molar-refractivity contribution is 5.83. The summed E-state index contributed by atoms with van der Waals surface area (Å²) in [7, 11) is 0. The predicted molar refractivity (Wildman–Crippen MR) is 66.3 cm³/mol. The Morgan fingerprint density at radius 3 is 2.33 bits per heavy atom. The number of carbonyl (C=O) groups is 1. The first kappa shape index (κ1) is 13.2. The first-order valence-corrected chi connectivity index (χ1v) is 6.63. The van der Waals surface area contributed by atoms with Crippen LogP contribution in [0, 0.1) is 17.6 Å². The molecule has 0 bridgehead atoms. The molecule has 0 heterocycles. The number of rotatable bonds is 3. The molecule has 1 aliphatic rings. The van der Waals surface area contributed by atoms with Gasteiger partial charge in [-0.15, -0.1) is 0 Å². The zero-order chi connectivity index (χ0) is 13.0. The lowest BCUT2D eigenvalue weighted by Gasteiger charge is -2.12. The van der Waals surface area contributed by atoms with Crippen LogP contribution >= 0.6 is 0 Å².